The van der Waals surface area contributed by atoms with E-state index in [9.17, 15) is 4.79 Å². The number of rotatable bonds is 0. The average Bonchev–Trinajstić information content (AvgIpc) is 2.97. The van der Waals surface area contributed by atoms with Crippen molar-refractivity contribution in [2.75, 3.05) is 12.3 Å². The quantitative estimate of drug-likeness (QED) is 0.652. The molecule has 4 heteroatoms. The first-order chi connectivity index (χ1) is 7.61. The van der Waals surface area contributed by atoms with Gasteiger partial charge in [0.25, 0.3) is 0 Å². The molecule has 1 aliphatic carbocycles. The van der Waals surface area contributed by atoms with Gasteiger partial charge in [0.2, 0.25) is 0 Å². The number of carbonyl (C=O) groups is 1. The van der Waals surface area contributed by atoms with E-state index in [0.29, 0.717) is 18.8 Å². The highest BCUT2D eigenvalue weighted by Crippen LogP contribution is 2.52. The van der Waals surface area contributed by atoms with Gasteiger partial charge >= 0.3 is 6.09 Å². The number of amides is 1. The number of carboxylic acid groups (broad SMARTS) is 1. The van der Waals surface area contributed by atoms with Gasteiger partial charge in [-0.15, -0.1) is 0 Å². The number of benzene rings is 1. The number of fused-ring (bicyclic) bond motifs is 2. The summed E-state index contributed by atoms with van der Waals surface area (Å²) in [6.45, 7) is 1.11. The second-order valence-electron chi connectivity index (χ2n) is 4.84. The largest absolute Gasteiger partial charge is 0.465 e. The molecule has 0 bridgehead atoms. The zero-order valence-corrected chi connectivity index (χ0v) is 8.94. The molecule has 84 valence electrons. The number of anilines is 1. The molecule has 1 aromatic carbocycles. The Hall–Kier alpha value is -1.71. The van der Waals surface area contributed by atoms with Gasteiger partial charge in [-0.05, 0) is 36.1 Å². The molecule has 1 aliphatic heterocycles. The molecule has 4 nitrogen and oxygen atoms in total. The molecule has 1 spiro atoms. The van der Waals surface area contributed by atoms with E-state index in [0.717, 1.165) is 18.4 Å². The van der Waals surface area contributed by atoms with Gasteiger partial charge in [-0.3, -0.25) is 0 Å². The molecule has 1 fully saturated rings. The first kappa shape index (κ1) is 9.51. The topological polar surface area (TPSA) is 66.6 Å². The fraction of sp³-hybridized carbons (Fsp3) is 0.417. The summed E-state index contributed by atoms with van der Waals surface area (Å²) in [5.41, 5.74) is 8.93. The smallest absolute Gasteiger partial charge is 0.407 e. The van der Waals surface area contributed by atoms with Crippen molar-refractivity contribution >= 4 is 11.8 Å². The molecule has 1 heterocycles. The van der Waals surface area contributed by atoms with E-state index in [1.807, 2.05) is 12.1 Å². The Bertz CT molecular complexity index is 466. The molecule has 1 amide bonds. The van der Waals surface area contributed by atoms with Gasteiger partial charge in [-0.1, -0.05) is 6.07 Å². The van der Waals surface area contributed by atoms with Crippen LogP contribution in [0, 0.1) is 0 Å². The molecule has 3 rings (SSSR count). The van der Waals surface area contributed by atoms with Crippen LogP contribution < -0.4 is 5.73 Å². The molecule has 16 heavy (non-hydrogen) atoms. The lowest BCUT2D eigenvalue weighted by Gasteiger charge is -2.33. The number of hydrogen-bond acceptors (Lipinski definition) is 2. The summed E-state index contributed by atoms with van der Waals surface area (Å²) in [5.74, 6) is 0. The lowest BCUT2D eigenvalue weighted by atomic mass is 9.87. The third-order valence-electron chi connectivity index (χ3n) is 3.68. The molecule has 1 aromatic rings. The minimum atomic E-state index is -0.834. The van der Waals surface area contributed by atoms with Crippen molar-refractivity contribution in [3.05, 3.63) is 29.3 Å². The van der Waals surface area contributed by atoms with Crippen molar-refractivity contribution in [1.82, 2.24) is 4.90 Å². The van der Waals surface area contributed by atoms with Gasteiger partial charge in [0.15, 0.2) is 0 Å². The van der Waals surface area contributed by atoms with Crippen LogP contribution in [-0.2, 0) is 12.0 Å². The fourth-order valence-electron chi connectivity index (χ4n) is 2.69. The van der Waals surface area contributed by atoms with Gasteiger partial charge in [0.05, 0.1) is 0 Å². The molecule has 1 saturated carbocycles. The average molecular weight is 218 g/mol. The maximum atomic E-state index is 11.1. The van der Waals surface area contributed by atoms with Crippen LogP contribution in [0.4, 0.5) is 10.5 Å². The number of nitrogens with zero attached hydrogens (tertiary/aromatic N) is 1. The summed E-state index contributed by atoms with van der Waals surface area (Å²) in [6.07, 6.45) is 1.35. The predicted molar refractivity (Wildman–Crippen MR) is 60.2 cm³/mol. The number of nitrogen functional groups attached to an aromatic ring is 1. The minimum Gasteiger partial charge on any atom is -0.465 e. The first-order valence-corrected chi connectivity index (χ1v) is 5.47. The predicted octanol–water partition coefficient (Wildman–Crippen LogP) is 1.79. The molecular formula is C12H14N2O2. The summed E-state index contributed by atoms with van der Waals surface area (Å²) in [5, 5.41) is 9.09. The molecule has 0 unspecified atom stereocenters. The monoisotopic (exact) mass is 218 g/mol. The third-order valence-corrected chi connectivity index (χ3v) is 3.68. The van der Waals surface area contributed by atoms with E-state index in [1.54, 1.807) is 0 Å². The van der Waals surface area contributed by atoms with Gasteiger partial charge in [0, 0.05) is 24.2 Å². The summed E-state index contributed by atoms with van der Waals surface area (Å²) < 4.78 is 0. The molecule has 0 saturated heterocycles. The van der Waals surface area contributed by atoms with Crippen molar-refractivity contribution in [2.24, 2.45) is 0 Å². The SMILES string of the molecule is Nc1ccc2c(c1)CN(C(=O)O)CC21CC1. The minimum absolute atomic E-state index is 0.0969. The Morgan fingerprint density at radius 3 is 2.81 bits per heavy atom. The number of hydrogen-bond donors (Lipinski definition) is 2. The highest BCUT2D eigenvalue weighted by atomic mass is 16.4. The van der Waals surface area contributed by atoms with Gasteiger partial charge in [-0.2, -0.15) is 0 Å². The molecule has 0 aromatic heterocycles. The van der Waals surface area contributed by atoms with Gasteiger partial charge < -0.3 is 15.7 Å². The second kappa shape index (κ2) is 2.90. The Morgan fingerprint density at radius 2 is 2.19 bits per heavy atom. The highest BCUT2D eigenvalue weighted by molar-refractivity contribution is 5.67. The molecule has 2 aliphatic rings. The van der Waals surface area contributed by atoms with E-state index in [-0.39, 0.29) is 5.41 Å². The van der Waals surface area contributed by atoms with Crippen molar-refractivity contribution < 1.29 is 9.90 Å². The lowest BCUT2D eigenvalue weighted by Crippen LogP contribution is -2.40. The van der Waals surface area contributed by atoms with Crippen molar-refractivity contribution in [3.8, 4) is 0 Å². The summed E-state index contributed by atoms with van der Waals surface area (Å²) in [7, 11) is 0. The Balaban J connectivity index is 2.06. The maximum Gasteiger partial charge on any atom is 0.407 e. The summed E-state index contributed by atoms with van der Waals surface area (Å²) in [6, 6.07) is 5.89. The molecule has 0 atom stereocenters. The highest BCUT2D eigenvalue weighted by Gasteiger charge is 2.49. The van der Waals surface area contributed by atoms with E-state index < -0.39 is 6.09 Å². The zero-order chi connectivity index (χ0) is 11.3. The van der Waals surface area contributed by atoms with Crippen LogP contribution >= 0.6 is 0 Å². The standard InChI is InChI=1S/C12H14N2O2/c13-9-1-2-10-8(5-9)6-14(11(15)16)7-12(10)3-4-12/h1-2,5H,3-4,6-7,13H2,(H,15,16). The van der Waals surface area contributed by atoms with Gasteiger partial charge in [-0.25, -0.2) is 4.79 Å². The van der Waals surface area contributed by atoms with Crippen LogP contribution in [0.1, 0.15) is 24.0 Å². The Labute approximate surface area is 93.7 Å². The Morgan fingerprint density at radius 1 is 1.44 bits per heavy atom. The summed E-state index contributed by atoms with van der Waals surface area (Å²) >= 11 is 0. The van der Waals surface area contributed by atoms with Crippen molar-refractivity contribution in [2.45, 2.75) is 24.8 Å². The normalized spacial score (nSPS) is 20.6. The van der Waals surface area contributed by atoms with Crippen LogP contribution in [0.2, 0.25) is 0 Å². The van der Waals surface area contributed by atoms with Crippen molar-refractivity contribution in [1.29, 1.82) is 0 Å². The van der Waals surface area contributed by atoms with Crippen LogP contribution in [0.3, 0.4) is 0 Å². The van der Waals surface area contributed by atoms with Crippen molar-refractivity contribution in [3.63, 3.8) is 0 Å². The van der Waals surface area contributed by atoms with Crippen LogP contribution in [0.5, 0.6) is 0 Å². The molecular weight excluding hydrogens is 204 g/mol. The lowest BCUT2D eigenvalue weighted by molar-refractivity contribution is 0.132. The Kier molecular flexibility index (Phi) is 1.73. The van der Waals surface area contributed by atoms with Gasteiger partial charge in [0.1, 0.15) is 0 Å². The second-order valence-corrected chi connectivity index (χ2v) is 4.84. The van der Waals surface area contributed by atoms with Crippen LogP contribution in [0.15, 0.2) is 18.2 Å². The van der Waals surface area contributed by atoms with E-state index in [4.69, 9.17) is 10.8 Å². The van der Waals surface area contributed by atoms with E-state index >= 15 is 0 Å². The fourth-order valence-corrected chi connectivity index (χ4v) is 2.69. The number of nitrogens with two attached hydrogens (primary N) is 1. The summed E-state index contributed by atoms with van der Waals surface area (Å²) in [4.78, 5) is 12.6. The van der Waals surface area contributed by atoms with Crippen LogP contribution in [0.25, 0.3) is 0 Å². The first-order valence-electron chi connectivity index (χ1n) is 5.47. The van der Waals surface area contributed by atoms with E-state index in [2.05, 4.69) is 6.07 Å². The molecule has 0 radical (unpaired) electrons. The van der Waals surface area contributed by atoms with Crippen LogP contribution in [-0.4, -0.2) is 22.6 Å². The third kappa shape index (κ3) is 1.26. The zero-order valence-electron chi connectivity index (χ0n) is 8.94. The molecule has 3 N–H and O–H groups in total. The van der Waals surface area contributed by atoms with E-state index in [1.165, 1.54) is 10.5 Å². The maximum absolute atomic E-state index is 11.1.